The van der Waals surface area contributed by atoms with E-state index in [1.807, 2.05) is 0 Å². The molecule has 1 rings (SSSR count). The third-order valence-corrected chi connectivity index (χ3v) is 2.45. The predicted molar refractivity (Wildman–Crippen MR) is 53.2 cm³/mol. The molecule has 2 N–H and O–H groups in total. The van der Waals surface area contributed by atoms with Gasteiger partial charge in [0.05, 0.1) is 0 Å². The Morgan fingerprint density at radius 2 is 2.42 bits per heavy atom. The summed E-state index contributed by atoms with van der Waals surface area (Å²) in [4.78, 5) is 2.33. The standard InChI is InChI=1S/C9H17ClN2/c1-8(10)6-12-4-2-3-9(5-11)7-12/h9H,1-7,11H2. The second kappa shape index (κ2) is 4.85. The lowest BCUT2D eigenvalue weighted by molar-refractivity contribution is 0.194. The van der Waals surface area contributed by atoms with Crippen molar-refractivity contribution in [2.45, 2.75) is 12.8 Å². The van der Waals surface area contributed by atoms with Gasteiger partial charge in [0, 0.05) is 18.1 Å². The van der Waals surface area contributed by atoms with Crippen molar-refractivity contribution >= 4 is 11.6 Å². The molecular weight excluding hydrogens is 172 g/mol. The van der Waals surface area contributed by atoms with Gasteiger partial charge in [-0.1, -0.05) is 18.2 Å². The number of piperidine rings is 1. The number of hydrogen-bond donors (Lipinski definition) is 1. The van der Waals surface area contributed by atoms with Crippen LogP contribution < -0.4 is 5.73 Å². The van der Waals surface area contributed by atoms with Crippen LogP contribution in [-0.4, -0.2) is 31.1 Å². The summed E-state index contributed by atoms with van der Waals surface area (Å²) in [6, 6.07) is 0. The lowest BCUT2D eigenvalue weighted by Gasteiger charge is -2.31. The first-order valence-electron chi connectivity index (χ1n) is 4.48. The molecule has 0 aliphatic carbocycles. The average molecular weight is 189 g/mol. The average Bonchev–Trinajstić information content (AvgIpc) is 2.03. The van der Waals surface area contributed by atoms with Crippen molar-refractivity contribution in [3.63, 3.8) is 0 Å². The maximum absolute atomic E-state index is 5.73. The second-order valence-corrected chi connectivity index (χ2v) is 4.03. The number of likely N-dealkylation sites (tertiary alicyclic amines) is 1. The lowest BCUT2D eigenvalue weighted by atomic mass is 9.98. The van der Waals surface area contributed by atoms with Crippen molar-refractivity contribution in [2.24, 2.45) is 11.7 Å². The molecule has 0 saturated carbocycles. The summed E-state index contributed by atoms with van der Waals surface area (Å²) in [6.45, 7) is 7.53. The van der Waals surface area contributed by atoms with Gasteiger partial charge in [-0.25, -0.2) is 0 Å². The van der Waals surface area contributed by atoms with Gasteiger partial charge in [0.15, 0.2) is 0 Å². The maximum Gasteiger partial charge on any atom is 0.0335 e. The van der Waals surface area contributed by atoms with Crippen LogP contribution in [-0.2, 0) is 0 Å². The van der Waals surface area contributed by atoms with Crippen LogP contribution in [0.15, 0.2) is 11.6 Å². The maximum atomic E-state index is 5.73. The van der Waals surface area contributed by atoms with Gasteiger partial charge >= 0.3 is 0 Å². The molecule has 0 aromatic rings. The topological polar surface area (TPSA) is 29.3 Å². The van der Waals surface area contributed by atoms with E-state index >= 15 is 0 Å². The Kier molecular flexibility index (Phi) is 4.06. The summed E-state index contributed by atoms with van der Waals surface area (Å²) >= 11 is 5.73. The van der Waals surface area contributed by atoms with E-state index in [1.54, 1.807) is 0 Å². The van der Waals surface area contributed by atoms with Crippen molar-refractivity contribution in [1.82, 2.24) is 4.90 Å². The number of nitrogens with two attached hydrogens (primary N) is 1. The molecule has 0 bridgehead atoms. The van der Waals surface area contributed by atoms with Gasteiger partial charge < -0.3 is 5.73 Å². The van der Waals surface area contributed by atoms with Crippen LogP contribution in [0, 0.1) is 5.92 Å². The van der Waals surface area contributed by atoms with Gasteiger partial charge in [-0.3, -0.25) is 4.90 Å². The summed E-state index contributed by atoms with van der Waals surface area (Å²) in [5.74, 6) is 0.662. The molecule has 70 valence electrons. The number of halogens is 1. The van der Waals surface area contributed by atoms with E-state index in [-0.39, 0.29) is 0 Å². The molecule has 0 amide bonds. The van der Waals surface area contributed by atoms with E-state index in [9.17, 15) is 0 Å². The highest BCUT2D eigenvalue weighted by atomic mass is 35.5. The fourth-order valence-corrected chi connectivity index (χ4v) is 1.90. The van der Waals surface area contributed by atoms with Crippen LogP contribution in [0.1, 0.15) is 12.8 Å². The fourth-order valence-electron chi connectivity index (χ4n) is 1.73. The first-order chi connectivity index (χ1) is 5.72. The van der Waals surface area contributed by atoms with Gasteiger partial charge in [0.1, 0.15) is 0 Å². The Bertz CT molecular complexity index is 159. The largest absolute Gasteiger partial charge is 0.330 e. The molecule has 0 radical (unpaired) electrons. The molecule has 1 aliphatic rings. The smallest absolute Gasteiger partial charge is 0.0335 e. The monoisotopic (exact) mass is 188 g/mol. The molecule has 1 heterocycles. The Morgan fingerprint density at radius 3 is 3.00 bits per heavy atom. The molecule has 0 aromatic heterocycles. The third kappa shape index (κ3) is 3.13. The molecule has 1 atom stereocenters. The van der Waals surface area contributed by atoms with E-state index in [2.05, 4.69) is 11.5 Å². The van der Waals surface area contributed by atoms with E-state index in [4.69, 9.17) is 17.3 Å². The van der Waals surface area contributed by atoms with Crippen molar-refractivity contribution < 1.29 is 0 Å². The number of nitrogens with zero attached hydrogens (tertiary/aromatic N) is 1. The lowest BCUT2D eigenvalue weighted by Crippen LogP contribution is -2.38. The Morgan fingerprint density at radius 1 is 1.67 bits per heavy atom. The molecule has 1 unspecified atom stereocenters. The fraction of sp³-hybridized carbons (Fsp3) is 0.778. The highest BCUT2D eigenvalue weighted by Gasteiger charge is 2.18. The zero-order valence-corrected chi connectivity index (χ0v) is 8.19. The zero-order valence-electron chi connectivity index (χ0n) is 7.43. The highest BCUT2D eigenvalue weighted by molar-refractivity contribution is 6.29. The van der Waals surface area contributed by atoms with E-state index in [0.29, 0.717) is 5.92 Å². The SMILES string of the molecule is C=C(Cl)CN1CCCC(CN)C1. The van der Waals surface area contributed by atoms with Crippen molar-refractivity contribution in [3.8, 4) is 0 Å². The van der Waals surface area contributed by atoms with Gasteiger partial charge in [0.2, 0.25) is 0 Å². The molecule has 0 spiro atoms. The molecule has 12 heavy (non-hydrogen) atoms. The van der Waals surface area contributed by atoms with Crippen LogP contribution in [0.5, 0.6) is 0 Å². The molecule has 3 heteroatoms. The molecule has 1 aliphatic heterocycles. The minimum atomic E-state index is 0.662. The van der Waals surface area contributed by atoms with E-state index in [0.717, 1.165) is 31.2 Å². The first-order valence-corrected chi connectivity index (χ1v) is 4.86. The summed E-state index contributed by atoms with van der Waals surface area (Å²) in [6.07, 6.45) is 2.51. The Balaban J connectivity index is 2.30. The van der Waals surface area contributed by atoms with Gasteiger partial charge in [-0.05, 0) is 31.8 Å². The van der Waals surface area contributed by atoms with Crippen molar-refractivity contribution in [2.75, 3.05) is 26.2 Å². The quantitative estimate of drug-likeness (QED) is 0.726. The van der Waals surface area contributed by atoms with Gasteiger partial charge in [0.25, 0.3) is 0 Å². The van der Waals surface area contributed by atoms with Gasteiger partial charge in [-0.15, -0.1) is 0 Å². The number of rotatable bonds is 3. The summed E-state index contributed by atoms with van der Waals surface area (Å²) < 4.78 is 0. The Labute approximate surface area is 79.4 Å². The summed E-state index contributed by atoms with van der Waals surface area (Å²) in [5.41, 5.74) is 5.61. The zero-order chi connectivity index (χ0) is 8.97. The Hall–Kier alpha value is -0.0500. The van der Waals surface area contributed by atoms with Crippen LogP contribution in [0.25, 0.3) is 0 Å². The van der Waals surface area contributed by atoms with E-state index < -0.39 is 0 Å². The minimum absolute atomic E-state index is 0.662. The molecule has 0 aromatic carbocycles. The first kappa shape index (κ1) is 10.0. The van der Waals surface area contributed by atoms with Crippen molar-refractivity contribution in [3.05, 3.63) is 11.6 Å². The van der Waals surface area contributed by atoms with Crippen LogP contribution >= 0.6 is 11.6 Å². The normalized spacial score (nSPS) is 25.7. The highest BCUT2D eigenvalue weighted by Crippen LogP contribution is 2.16. The molecule has 2 nitrogen and oxygen atoms in total. The van der Waals surface area contributed by atoms with E-state index in [1.165, 1.54) is 12.8 Å². The summed E-state index contributed by atoms with van der Waals surface area (Å²) in [5, 5.41) is 0.729. The minimum Gasteiger partial charge on any atom is -0.330 e. The van der Waals surface area contributed by atoms with Crippen LogP contribution in [0.3, 0.4) is 0 Å². The van der Waals surface area contributed by atoms with Crippen LogP contribution in [0.4, 0.5) is 0 Å². The predicted octanol–water partition coefficient (Wildman–Crippen LogP) is 1.41. The number of hydrogen-bond acceptors (Lipinski definition) is 2. The summed E-state index contributed by atoms with van der Waals surface area (Å²) in [7, 11) is 0. The molecule has 1 fully saturated rings. The molecular formula is C9H17ClN2. The molecule has 1 saturated heterocycles. The van der Waals surface area contributed by atoms with Gasteiger partial charge in [-0.2, -0.15) is 0 Å². The van der Waals surface area contributed by atoms with Crippen molar-refractivity contribution in [1.29, 1.82) is 0 Å². The third-order valence-electron chi connectivity index (χ3n) is 2.33. The van der Waals surface area contributed by atoms with Crippen LogP contribution in [0.2, 0.25) is 0 Å². The second-order valence-electron chi connectivity index (χ2n) is 3.50.